The van der Waals surface area contributed by atoms with E-state index >= 15 is 0 Å². The summed E-state index contributed by atoms with van der Waals surface area (Å²) in [5, 5.41) is 19.3. The van der Waals surface area contributed by atoms with E-state index in [0.29, 0.717) is 6.42 Å². The maximum Gasteiger partial charge on any atom is 0.0888 e. The van der Waals surface area contributed by atoms with Gasteiger partial charge in [-0.25, -0.2) is 0 Å². The molecule has 2 N–H and O–H groups in total. The molecule has 2 aliphatic heterocycles. The van der Waals surface area contributed by atoms with Crippen molar-refractivity contribution >= 4 is 0 Å². The molecular weight excluding hydrogens is 156 g/mol. The molecule has 3 nitrogen and oxygen atoms in total. The lowest BCUT2D eigenvalue weighted by Crippen LogP contribution is -2.45. The highest BCUT2D eigenvalue weighted by Gasteiger charge is 2.49. The molecule has 0 saturated carbocycles. The first-order chi connectivity index (χ1) is 5.61. The highest BCUT2D eigenvalue weighted by molar-refractivity contribution is 4.97. The zero-order chi connectivity index (χ0) is 8.88. The Morgan fingerprint density at radius 2 is 1.83 bits per heavy atom. The van der Waals surface area contributed by atoms with E-state index in [-0.39, 0.29) is 36.3 Å². The molecule has 2 aliphatic rings. The topological polar surface area (TPSA) is 49.7 Å². The summed E-state index contributed by atoms with van der Waals surface area (Å²) < 4.78 is 5.59. The Morgan fingerprint density at radius 1 is 1.17 bits per heavy atom. The van der Waals surface area contributed by atoms with Crippen LogP contribution in [0.4, 0.5) is 0 Å². The van der Waals surface area contributed by atoms with Gasteiger partial charge in [0.05, 0.1) is 24.4 Å². The Balaban J connectivity index is 2.20. The second-order valence-electron chi connectivity index (χ2n) is 4.15. The summed E-state index contributed by atoms with van der Waals surface area (Å²) in [5.41, 5.74) is 0. The fourth-order valence-electron chi connectivity index (χ4n) is 2.43. The summed E-state index contributed by atoms with van der Waals surface area (Å²) in [6.07, 6.45) is -0.0688. The van der Waals surface area contributed by atoms with Crippen LogP contribution in [0.5, 0.6) is 0 Å². The normalized spacial score (nSPS) is 59.0. The third-order valence-corrected chi connectivity index (χ3v) is 3.37. The van der Waals surface area contributed by atoms with Crippen molar-refractivity contribution < 1.29 is 14.9 Å². The quantitative estimate of drug-likeness (QED) is 0.547. The van der Waals surface area contributed by atoms with Gasteiger partial charge in [-0.15, -0.1) is 0 Å². The van der Waals surface area contributed by atoms with Crippen molar-refractivity contribution in [1.82, 2.24) is 0 Å². The Kier molecular flexibility index (Phi) is 1.90. The molecule has 3 heteroatoms. The van der Waals surface area contributed by atoms with Gasteiger partial charge in [0.1, 0.15) is 0 Å². The Morgan fingerprint density at radius 3 is 2.50 bits per heavy atom. The van der Waals surface area contributed by atoms with E-state index in [1.54, 1.807) is 0 Å². The first-order valence-corrected chi connectivity index (χ1v) is 4.63. The zero-order valence-electron chi connectivity index (χ0n) is 7.47. The van der Waals surface area contributed by atoms with Crippen LogP contribution in [0.25, 0.3) is 0 Å². The van der Waals surface area contributed by atoms with Crippen LogP contribution in [0.1, 0.15) is 20.3 Å². The molecular formula is C9H16O3. The summed E-state index contributed by atoms with van der Waals surface area (Å²) in [7, 11) is 0. The van der Waals surface area contributed by atoms with E-state index in [4.69, 9.17) is 4.74 Å². The zero-order valence-corrected chi connectivity index (χ0v) is 7.47. The first-order valence-electron chi connectivity index (χ1n) is 4.63. The number of hydrogen-bond acceptors (Lipinski definition) is 3. The molecule has 0 aromatic heterocycles. The smallest absolute Gasteiger partial charge is 0.0888 e. The maximum atomic E-state index is 9.75. The molecule has 12 heavy (non-hydrogen) atoms. The molecule has 0 spiro atoms. The highest BCUT2D eigenvalue weighted by Crippen LogP contribution is 2.39. The lowest BCUT2D eigenvalue weighted by Gasteiger charge is -2.36. The molecule has 70 valence electrons. The minimum atomic E-state index is -0.371. The van der Waals surface area contributed by atoms with Gasteiger partial charge in [-0.05, 0) is 0 Å². The summed E-state index contributed by atoms with van der Waals surface area (Å²) in [5.74, 6) is 0.224. The predicted octanol–water partition coefficient (Wildman–Crippen LogP) is 0.152. The van der Waals surface area contributed by atoms with Crippen LogP contribution in [0.3, 0.4) is 0 Å². The number of ether oxygens (including phenoxy) is 1. The molecule has 2 fully saturated rings. The van der Waals surface area contributed by atoms with Crippen LogP contribution in [0.2, 0.25) is 0 Å². The fraction of sp³-hybridized carbons (Fsp3) is 1.00. The molecule has 0 aliphatic carbocycles. The summed E-state index contributed by atoms with van der Waals surface area (Å²) in [6.45, 7) is 3.93. The number of aliphatic hydroxyl groups is 2. The Labute approximate surface area is 72.3 Å². The van der Waals surface area contributed by atoms with Crippen LogP contribution in [-0.4, -0.2) is 34.6 Å². The Bertz CT molecular complexity index is 178. The van der Waals surface area contributed by atoms with E-state index in [0.717, 1.165) is 0 Å². The number of fused-ring (bicyclic) bond motifs is 2. The monoisotopic (exact) mass is 172 g/mol. The van der Waals surface area contributed by atoms with Crippen molar-refractivity contribution in [2.45, 2.75) is 44.7 Å². The van der Waals surface area contributed by atoms with E-state index in [9.17, 15) is 10.2 Å². The van der Waals surface area contributed by atoms with Gasteiger partial charge in [-0.1, -0.05) is 13.8 Å². The average molecular weight is 172 g/mol. The van der Waals surface area contributed by atoms with Crippen LogP contribution in [0, 0.1) is 11.8 Å². The number of hydrogen-bond donors (Lipinski definition) is 2. The van der Waals surface area contributed by atoms with Crippen molar-refractivity contribution in [3.63, 3.8) is 0 Å². The second kappa shape index (κ2) is 2.69. The average Bonchev–Trinajstić information content (AvgIpc) is 2.39. The van der Waals surface area contributed by atoms with Gasteiger partial charge in [-0.3, -0.25) is 0 Å². The Hall–Kier alpha value is -0.120. The third-order valence-electron chi connectivity index (χ3n) is 3.37. The van der Waals surface area contributed by atoms with Crippen molar-refractivity contribution in [3.8, 4) is 0 Å². The standard InChI is InChI=1S/C9H16O3/c1-4-7-3-6(10)9(12-7)5(2)8(4)11/h4-11H,3H2,1-2H3/t4-,5-,6-,7?,8-,9?/m1/s1. The SMILES string of the molecule is C[C@@H]1C2C[C@@H](O)C(O2)[C@H](C)[C@@H]1O. The number of aliphatic hydroxyl groups excluding tert-OH is 2. The summed E-state index contributed by atoms with van der Waals surface area (Å²) in [6, 6.07) is 0. The molecule has 2 saturated heterocycles. The molecule has 0 aromatic carbocycles. The van der Waals surface area contributed by atoms with E-state index < -0.39 is 0 Å². The lowest BCUT2D eigenvalue weighted by atomic mass is 9.87. The summed E-state index contributed by atoms with van der Waals surface area (Å²) >= 11 is 0. The fourth-order valence-corrected chi connectivity index (χ4v) is 2.43. The van der Waals surface area contributed by atoms with Gasteiger partial charge in [0.2, 0.25) is 0 Å². The van der Waals surface area contributed by atoms with Gasteiger partial charge >= 0.3 is 0 Å². The van der Waals surface area contributed by atoms with Gasteiger partial charge in [0.25, 0.3) is 0 Å². The van der Waals surface area contributed by atoms with Crippen molar-refractivity contribution in [2.75, 3.05) is 0 Å². The highest BCUT2D eigenvalue weighted by atomic mass is 16.5. The van der Waals surface area contributed by atoms with Crippen LogP contribution in [-0.2, 0) is 4.74 Å². The molecule has 0 radical (unpaired) electrons. The third kappa shape index (κ3) is 1.00. The molecule has 2 unspecified atom stereocenters. The van der Waals surface area contributed by atoms with Crippen LogP contribution >= 0.6 is 0 Å². The van der Waals surface area contributed by atoms with Gasteiger partial charge < -0.3 is 14.9 Å². The van der Waals surface area contributed by atoms with E-state index in [2.05, 4.69) is 0 Å². The molecule has 0 amide bonds. The minimum Gasteiger partial charge on any atom is -0.392 e. The number of rotatable bonds is 0. The van der Waals surface area contributed by atoms with Crippen molar-refractivity contribution in [3.05, 3.63) is 0 Å². The van der Waals surface area contributed by atoms with Crippen molar-refractivity contribution in [2.24, 2.45) is 11.8 Å². The predicted molar refractivity (Wildman–Crippen MR) is 43.6 cm³/mol. The molecule has 2 heterocycles. The first kappa shape index (κ1) is 8.48. The minimum absolute atomic E-state index is 0.0637. The van der Waals surface area contributed by atoms with Gasteiger partial charge in [0.15, 0.2) is 0 Å². The lowest BCUT2D eigenvalue weighted by molar-refractivity contribution is -0.138. The maximum absolute atomic E-state index is 9.75. The van der Waals surface area contributed by atoms with Gasteiger partial charge in [-0.2, -0.15) is 0 Å². The molecule has 6 atom stereocenters. The molecule has 2 bridgehead atoms. The van der Waals surface area contributed by atoms with Crippen LogP contribution in [0.15, 0.2) is 0 Å². The van der Waals surface area contributed by atoms with E-state index in [1.165, 1.54) is 0 Å². The van der Waals surface area contributed by atoms with Crippen molar-refractivity contribution in [1.29, 1.82) is 0 Å². The summed E-state index contributed by atoms with van der Waals surface area (Å²) in [4.78, 5) is 0. The molecule has 0 aromatic rings. The second-order valence-corrected chi connectivity index (χ2v) is 4.15. The molecule has 2 rings (SSSR count). The van der Waals surface area contributed by atoms with Crippen LogP contribution < -0.4 is 0 Å². The van der Waals surface area contributed by atoms with Gasteiger partial charge in [0, 0.05) is 18.3 Å². The van der Waals surface area contributed by atoms with E-state index in [1.807, 2.05) is 13.8 Å². The largest absolute Gasteiger partial charge is 0.392 e.